The Morgan fingerprint density at radius 3 is 2.82 bits per heavy atom. The second kappa shape index (κ2) is 7.36. The van der Waals surface area contributed by atoms with E-state index in [2.05, 4.69) is 33.3 Å². The maximum Gasteiger partial charge on any atom is 0.258 e. The Kier molecular flexibility index (Phi) is 4.75. The molecule has 1 aliphatic rings. The summed E-state index contributed by atoms with van der Waals surface area (Å²) in [6, 6.07) is 7.15. The van der Waals surface area contributed by atoms with Crippen molar-refractivity contribution in [3.8, 4) is 11.3 Å². The van der Waals surface area contributed by atoms with Crippen LogP contribution in [0.25, 0.3) is 22.5 Å². The molecule has 0 bridgehead atoms. The molecule has 1 aliphatic heterocycles. The van der Waals surface area contributed by atoms with Gasteiger partial charge in [-0.15, -0.1) is 0 Å². The van der Waals surface area contributed by atoms with Crippen LogP contribution in [-0.2, 0) is 0 Å². The van der Waals surface area contributed by atoms with E-state index in [9.17, 15) is 4.79 Å². The van der Waals surface area contributed by atoms with Crippen LogP contribution in [-0.4, -0.2) is 52.7 Å². The Hall–Kier alpha value is -3.32. The van der Waals surface area contributed by atoms with Gasteiger partial charge < -0.3 is 15.6 Å². The number of hydrogen-bond donors (Lipinski definition) is 2. The number of hydrogen-bond acceptors (Lipinski definition) is 6. The molecule has 3 heterocycles. The summed E-state index contributed by atoms with van der Waals surface area (Å²) in [4.78, 5) is 24.1. The minimum absolute atomic E-state index is 0.147. The van der Waals surface area contributed by atoms with Crippen LogP contribution in [0.1, 0.15) is 17.7 Å². The number of aromatic nitrogens is 3. The van der Waals surface area contributed by atoms with Crippen LogP contribution >= 0.6 is 0 Å². The third-order valence-electron chi connectivity index (χ3n) is 5.06. The fraction of sp³-hybridized carbons (Fsp3) is 0.238. The van der Waals surface area contributed by atoms with E-state index < -0.39 is 0 Å². The normalized spacial score (nSPS) is 14.7. The van der Waals surface area contributed by atoms with Crippen molar-refractivity contribution in [3.05, 3.63) is 64.3 Å². The van der Waals surface area contributed by atoms with Crippen molar-refractivity contribution in [2.24, 2.45) is 0 Å². The minimum Gasteiger partial charge on any atom is -0.388 e. The molecule has 7 heteroatoms. The number of anilines is 1. The van der Waals surface area contributed by atoms with E-state index in [0.29, 0.717) is 11.3 Å². The maximum atomic E-state index is 12.7. The van der Waals surface area contributed by atoms with Gasteiger partial charge in [0.25, 0.3) is 5.56 Å². The van der Waals surface area contributed by atoms with Gasteiger partial charge in [0.05, 0.1) is 17.6 Å². The van der Waals surface area contributed by atoms with Gasteiger partial charge in [0.2, 0.25) is 0 Å². The standard InChI is InChI=1S/C21H22N6O/c1-23-17-4-3-15(9-16(17)11-22)18-10-21(28)27-13-19(24-12-20(27)25-18)14-5-7-26(2)8-6-14/h3-5,9-13,22-23H,6-8H2,1-2H3. The van der Waals surface area contributed by atoms with E-state index in [0.717, 1.165) is 47.6 Å². The number of likely N-dealkylation sites (N-methyl/N-ethyl adjacent to an activating group) is 1. The number of nitrogens with one attached hydrogen (secondary N) is 2. The quantitative estimate of drug-likeness (QED) is 0.686. The summed E-state index contributed by atoms with van der Waals surface area (Å²) in [5.74, 6) is 0. The first-order valence-electron chi connectivity index (χ1n) is 9.19. The van der Waals surface area contributed by atoms with E-state index >= 15 is 0 Å². The zero-order valence-corrected chi connectivity index (χ0v) is 15.9. The summed E-state index contributed by atoms with van der Waals surface area (Å²) < 4.78 is 1.55. The molecule has 142 valence electrons. The Labute approximate surface area is 162 Å². The molecule has 2 N–H and O–H groups in total. The van der Waals surface area contributed by atoms with Crippen LogP contribution in [0.4, 0.5) is 5.69 Å². The minimum atomic E-state index is -0.147. The number of benzene rings is 1. The van der Waals surface area contributed by atoms with Crippen molar-refractivity contribution >= 4 is 23.1 Å². The first-order valence-corrected chi connectivity index (χ1v) is 9.19. The highest BCUT2D eigenvalue weighted by Gasteiger charge is 2.13. The topological polar surface area (TPSA) is 86.4 Å². The second-order valence-corrected chi connectivity index (χ2v) is 6.92. The molecule has 28 heavy (non-hydrogen) atoms. The lowest BCUT2D eigenvalue weighted by Crippen LogP contribution is -2.24. The zero-order chi connectivity index (χ0) is 19.7. The van der Waals surface area contributed by atoms with Crippen molar-refractivity contribution in [3.63, 3.8) is 0 Å². The molecule has 7 nitrogen and oxygen atoms in total. The molecule has 0 saturated carbocycles. The van der Waals surface area contributed by atoms with Gasteiger partial charge in [0.15, 0.2) is 5.65 Å². The Balaban J connectivity index is 1.77. The summed E-state index contributed by atoms with van der Waals surface area (Å²) in [6.07, 6.45) is 7.79. The van der Waals surface area contributed by atoms with Crippen molar-refractivity contribution in [1.29, 1.82) is 5.41 Å². The Morgan fingerprint density at radius 2 is 2.11 bits per heavy atom. The number of fused-ring (bicyclic) bond motifs is 1. The molecule has 1 aromatic carbocycles. The summed E-state index contributed by atoms with van der Waals surface area (Å²) in [5, 5.41) is 10.6. The van der Waals surface area contributed by atoms with E-state index in [1.54, 1.807) is 16.8 Å². The lowest BCUT2D eigenvalue weighted by Gasteiger charge is -2.21. The largest absolute Gasteiger partial charge is 0.388 e. The van der Waals surface area contributed by atoms with Crippen LogP contribution < -0.4 is 10.9 Å². The van der Waals surface area contributed by atoms with Crippen LogP contribution in [0.15, 0.2) is 47.5 Å². The SMILES string of the molecule is CNc1ccc(-c2cc(=O)n3cc(C4=CCN(C)CC4)ncc3n2)cc1C=N. The molecular formula is C21H22N6O. The van der Waals surface area contributed by atoms with Gasteiger partial charge in [-0.1, -0.05) is 12.1 Å². The molecule has 0 fully saturated rings. The first kappa shape index (κ1) is 18.1. The Bertz CT molecular complexity index is 1150. The van der Waals surface area contributed by atoms with Crippen LogP contribution in [0.2, 0.25) is 0 Å². The average Bonchev–Trinajstić information content (AvgIpc) is 2.73. The smallest absolute Gasteiger partial charge is 0.258 e. The van der Waals surface area contributed by atoms with Crippen LogP contribution in [0, 0.1) is 5.41 Å². The highest BCUT2D eigenvalue weighted by molar-refractivity contribution is 5.88. The lowest BCUT2D eigenvalue weighted by atomic mass is 10.1. The second-order valence-electron chi connectivity index (χ2n) is 6.92. The summed E-state index contributed by atoms with van der Waals surface area (Å²) in [7, 11) is 3.90. The van der Waals surface area contributed by atoms with Crippen LogP contribution in [0.5, 0.6) is 0 Å². The average molecular weight is 374 g/mol. The van der Waals surface area contributed by atoms with Gasteiger partial charge in [0, 0.05) is 55.4 Å². The van der Waals surface area contributed by atoms with E-state index in [1.165, 1.54) is 12.3 Å². The maximum absolute atomic E-state index is 12.7. The monoisotopic (exact) mass is 374 g/mol. The van der Waals surface area contributed by atoms with Gasteiger partial charge in [-0.3, -0.25) is 14.2 Å². The molecule has 3 aromatic rings. The summed E-state index contributed by atoms with van der Waals surface area (Å²) >= 11 is 0. The van der Waals surface area contributed by atoms with E-state index in [1.807, 2.05) is 25.2 Å². The number of rotatable bonds is 4. The van der Waals surface area contributed by atoms with Gasteiger partial charge in [-0.25, -0.2) is 4.98 Å². The van der Waals surface area contributed by atoms with E-state index in [4.69, 9.17) is 5.41 Å². The van der Waals surface area contributed by atoms with E-state index in [-0.39, 0.29) is 5.56 Å². The molecule has 0 unspecified atom stereocenters. The van der Waals surface area contributed by atoms with Gasteiger partial charge >= 0.3 is 0 Å². The fourth-order valence-electron chi connectivity index (χ4n) is 3.40. The molecule has 0 aliphatic carbocycles. The van der Waals surface area contributed by atoms with Gasteiger partial charge in [0.1, 0.15) is 0 Å². The molecule has 0 atom stereocenters. The molecule has 0 spiro atoms. The third-order valence-corrected chi connectivity index (χ3v) is 5.06. The lowest BCUT2D eigenvalue weighted by molar-refractivity contribution is 0.369. The third kappa shape index (κ3) is 3.32. The predicted molar refractivity (Wildman–Crippen MR) is 112 cm³/mol. The molecule has 4 rings (SSSR count). The number of nitrogens with zero attached hydrogens (tertiary/aromatic N) is 4. The van der Waals surface area contributed by atoms with Crippen LogP contribution in [0.3, 0.4) is 0 Å². The zero-order valence-electron chi connectivity index (χ0n) is 15.9. The predicted octanol–water partition coefficient (Wildman–Crippen LogP) is 2.51. The van der Waals surface area contributed by atoms with Gasteiger partial charge in [-0.05, 0) is 31.2 Å². The highest BCUT2D eigenvalue weighted by Crippen LogP contribution is 2.23. The van der Waals surface area contributed by atoms with Crippen molar-refractivity contribution in [2.75, 3.05) is 32.5 Å². The molecule has 0 amide bonds. The van der Waals surface area contributed by atoms with Crippen molar-refractivity contribution < 1.29 is 0 Å². The Morgan fingerprint density at radius 1 is 1.25 bits per heavy atom. The molecule has 0 radical (unpaired) electrons. The molecular weight excluding hydrogens is 352 g/mol. The molecule has 0 saturated heterocycles. The summed E-state index contributed by atoms with van der Waals surface area (Å²) in [6.45, 7) is 1.87. The van der Waals surface area contributed by atoms with Gasteiger partial charge in [-0.2, -0.15) is 0 Å². The van der Waals surface area contributed by atoms with Crippen molar-refractivity contribution in [1.82, 2.24) is 19.3 Å². The summed E-state index contributed by atoms with van der Waals surface area (Å²) in [5.41, 5.74) is 5.30. The fourth-order valence-corrected chi connectivity index (χ4v) is 3.40. The van der Waals surface area contributed by atoms with Crippen molar-refractivity contribution in [2.45, 2.75) is 6.42 Å². The molecule has 2 aromatic heterocycles. The highest BCUT2D eigenvalue weighted by atomic mass is 16.1. The first-order chi connectivity index (χ1) is 13.6.